The fraction of sp³-hybridized carbons (Fsp3) is 0.357. The molecule has 0 spiro atoms. The first kappa shape index (κ1) is 15.6. The van der Waals surface area contributed by atoms with Gasteiger partial charge in [-0.1, -0.05) is 0 Å². The number of aryl methyl sites for hydroxylation is 2. The van der Waals surface area contributed by atoms with E-state index in [-0.39, 0.29) is 12.2 Å². The third-order valence-corrected chi connectivity index (χ3v) is 6.29. The molecule has 0 aromatic carbocycles. The third kappa shape index (κ3) is 3.21. The summed E-state index contributed by atoms with van der Waals surface area (Å²) >= 11 is 1.49. The molecule has 3 rings (SSSR count). The van der Waals surface area contributed by atoms with Crippen molar-refractivity contribution >= 4 is 21.4 Å². The summed E-state index contributed by atoms with van der Waals surface area (Å²) in [5.41, 5.74) is 7.19. The molecule has 0 radical (unpaired) electrons. The highest BCUT2D eigenvalue weighted by Gasteiger charge is 2.30. The lowest BCUT2D eigenvalue weighted by Gasteiger charge is -2.12. The van der Waals surface area contributed by atoms with Crippen LogP contribution in [0.5, 0.6) is 0 Å². The van der Waals surface area contributed by atoms with Gasteiger partial charge in [0.1, 0.15) is 0 Å². The highest BCUT2D eigenvalue weighted by Crippen LogP contribution is 2.26. The molecule has 3 heterocycles. The zero-order valence-electron chi connectivity index (χ0n) is 12.3. The summed E-state index contributed by atoms with van der Waals surface area (Å²) in [5, 5.41) is 0. The van der Waals surface area contributed by atoms with E-state index < -0.39 is 10.0 Å². The second-order valence-electron chi connectivity index (χ2n) is 5.31. The molecule has 8 heteroatoms. The molecule has 1 fully saturated rings. The van der Waals surface area contributed by atoms with Crippen molar-refractivity contribution in [1.29, 1.82) is 0 Å². The van der Waals surface area contributed by atoms with E-state index in [1.165, 1.54) is 11.3 Å². The number of hydrazine groups is 1. The van der Waals surface area contributed by atoms with Crippen molar-refractivity contribution in [2.45, 2.75) is 37.4 Å². The van der Waals surface area contributed by atoms with Gasteiger partial charge in [-0.25, -0.2) is 19.3 Å². The van der Waals surface area contributed by atoms with Crippen LogP contribution in [0.25, 0.3) is 0 Å². The first-order valence-corrected chi connectivity index (χ1v) is 9.26. The zero-order chi connectivity index (χ0) is 15.7. The Morgan fingerprint density at radius 1 is 1.27 bits per heavy atom. The van der Waals surface area contributed by atoms with E-state index in [0.717, 1.165) is 15.3 Å². The van der Waals surface area contributed by atoms with Gasteiger partial charge < -0.3 is 0 Å². The van der Waals surface area contributed by atoms with Gasteiger partial charge in [-0.15, -0.1) is 11.3 Å². The Morgan fingerprint density at radius 2 is 2.00 bits per heavy atom. The molecule has 0 aliphatic carbocycles. The van der Waals surface area contributed by atoms with E-state index in [9.17, 15) is 8.42 Å². The number of hydrogen-bond acceptors (Lipinski definition) is 6. The van der Waals surface area contributed by atoms with E-state index in [1.807, 2.05) is 26.0 Å². The largest absolute Gasteiger partial charge is 0.265 e. The molecule has 2 atom stereocenters. The summed E-state index contributed by atoms with van der Waals surface area (Å²) < 4.78 is 27.7. The fourth-order valence-electron chi connectivity index (χ4n) is 2.57. The maximum absolute atomic E-state index is 12.5. The Labute approximate surface area is 134 Å². The smallest absolute Gasteiger partial charge is 0.243 e. The predicted molar refractivity (Wildman–Crippen MR) is 85.8 cm³/mol. The lowest BCUT2D eigenvalue weighted by molar-refractivity contribution is 0.505. The van der Waals surface area contributed by atoms with E-state index in [1.54, 1.807) is 18.5 Å². The molecule has 2 aromatic heterocycles. The van der Waals surface area contributed by atoms with Crippen molar-refractivity contribution in [1.82, 2.24) is 20.6 Å². The second kappa shape index (κ2) is 6.05. The van der Waals surface area contributed by atoms with Crippen molar-refractivity contribution < 1.29 is 8.42 Å². The summed E-state index contributed by atoms with van der Waals surface area (Å²) in [4.78, 5) is 6.15. The van der Waals surface area contributed by atoms with Gasteiger partial charge in [0.2, 0.25) is 10.0 Å². The molecule has 1 saturated heterocycles. The van der Waals surface area contributed by atoms with Crippen LogP contribution in [-0.4, -0.2) is 19.6 Å². The maximum Gasteiger partial charge on any atom is 0.243 e. The topological polar surface area (TPSA) is 83.1 Å². The lowest BCUT2D eigenvalue weighted by atomic mass is 10.1. The Hall–Kier alpha value is -1.32. The summed E-state index contributed by atoms with van der Waals surface area (Å²) in [6, 6.07) is 5.61. The molecule has 2 aromatic rings. The van der Waals surface area contributed by atoms with Gasteiger partial charge in [0.25, 0.3) is 0 Å². The Morgan fingerprint density at radius 3 is 2.64 bits per heavy atom. The maximum atomic E-state index is 12.5. The minimum absolute atomic E-state index is 0.0565. The van der Waals surface area contributed by atoms with Crippen molar-refractivity contribution in [3.05, 3.63) is 45.9 Å². The predicted octanol–water partition coefficient (Wildman–Crippen LogP) is 1.60. The van der Waals surface area contributed by atoms with Crippen LogP contribution in [0, 0.1) is 13.8 Å². The molecule has 0 bridgehead atoms. The summed E-state index contributed by atoms with van der Waals surface area (Å²) in [7, 11) is -3.51. The normalized spacial score (nSPS) is 22.1. The Balaban J connectivity index is 1.71. The van der Waals surface area contributed by atoms with Gasteiger partial charge >= 0.3 is 0 Å². The highest BCUT2D eigenvalue weighted by atomic mass is 32.2. The van der Waals surface area contributed by atoms with Gasteiger partial charge in [-0.2, -0.15) is 4.72 Å². The minimum atomic E-state index is -3.51. The molecule has 22 heavy (non-hydrogen) atoms. The first-order valence-electron chi connectivity index (χ1n) is 6.96. The monoisotopic (exact) mass is 338 g/mol. The molecule has 0 amide bonds. The third-order valence-electron chi connectivity index (χ3n) is 3.59. The highest BCUT2D eigenvalue weighted by molar-refractivity contribution is 7.89. The van der Waals surface area contributed by atoms with Crippen LogP contribution in [0.4, 0.5) is 0 Å². The molecule has 3 N–H and O–H groups in total. The molecule has 118 valence electrons. The Kier molecular flexibility index (Phi) is 4.28. The Bertz CT molecular complexity index is 758. The van der Waals surface area contributed by atoms with Gasteiger partial charge in [0, 0.05) is 28.2 Å². The fourth-order valence-corrected chi connectivity index (χ4v) is 5.29. The van der Waals surface area contributed by atoms with Crippen LogP contribution in [0.1, 0.15) is 27.8 Å². The average Bonchev–Trinajstić information content (AvgIpc) is 3.06. The molecule has 1 aliphatic heterocycles. The van der Waals surface area contributed by atoms with E-state index in [4.69, 9.17) is 0 Å². The van der Waals surface area contributed by atoms with Crippen LogP contribution >= 0.6 is 11.3 Å². The summed E-state index contributed by atoms with van der Waals surface area (Å²) in [6.45, 7) is 3.73. The van der Waals surface area contributed by atoms with Gasteiger partial charge in [-0.05, 0) is 44.0 Å². The van der Waals surface area contributed by atoms with Crippen LogP contribution in [0.2, 0.25) is 0 Å². The minimum Gasteiger partial charge on any atom is -0.265 e. The van der Waals surface area contributed by atoms with Crippen LogP contribution < -0.4 is 15.6 Å². The number of thiophene rings is 1. The standard InChI is InChI=1S/C14H18N4O2S2/c1-9-7-13(10(2)21-9)22(19,20)18-14-8-12(16-17-14)11-3-5-15-6-4-11/h3-7,12,14,16-18H,8H2,1-2H3. The molecule has 2 unspecified atom stereocenters. The number of aromatic nitrogens is 1. The second-order valence-corrected chi connectivity index (χ2v) is 8.45. The quantitative estimate of drug-likeness (QED) is 0.789. The summed E-state index contributed by atoms with van der Waals surface area (Å²) in [6.07, 6.45) is 3.74. The van der Waals surface area contributed by atoms with Gasteiger partial charge in [0.15, 0.2) is 0 Å². The molecule has 1 aliphatic rings. The van der Waals surface area contributed by atoms with Crippen LogP contribution in [0.15, 0.2) is 35.5 Å². The number of rotatable bonds is 4. The van der Waals surface area contributed by atoms with Gasteiger partial charge in [0.05, 0.1) is 11.1 Å². The summed E-state index contributed by atoms with van der Waals surface area (Å²) in [5.74, 6) is 0. The van der Waals surface area contributed by atoms with Crippen molar-refractivity contribution in [3.63, 3.8) is 0 Å². The molecular weight excluding hydrogens is 320 g/mol. The van der Waals surface area contributed by atoms with Crippen molar-refractivity contribution in [2.24, 2.45) is 0 Å². The molecule has 0 saturated carbocycles. The van der Waals surface area contributed by atoms with E-state index >= 15 is 0 Å². The van der Waals surface area contributed by atoms with Crippen LogP contribution in [-0.2, 0) is 10.0 Å². The number of nitrogens with zero attached hydrogens (tertiary/aromatic N) is 1. The number of sulfonamides is 1. The number of hydrogen-bond donors (Lipinski definition) is 3. The number of pyridine rings is 1. The van der Waals surface area contributed by atoms with E-state index in [2.05, 4.69) is 20.6 Å². The molecule has 6 nitrogen and oxygen atoms in total. The van der Waals surface area contributed by atoms with Crippen molar-refractivity contribution in [3.8, 4) is 0 Å². The lowest BCUT2D eigenvalue weighted by Crippen LogP contribution is -2.44. The average molecular weight is 338 g/mol. The van der Waals surface area contributed by atoms with Gasteiger partial charge in [-0.3, -0.25) is 4.98 Å². The SMILES string of the molecule is Cc1cc(S(=O)(=O)NC2CC(c3ccncc3)NN2)c(C)s1. The first-order chi connectivity index (χ1) is 10.5. The van der Waals surface area contributed by atoms with Crippen LogP contribution in [0.3, 0.4) is 0 Å². The van der Waals surface area contributed by atoms with Crippen molar-refractivity contribution in [2.75, 3.05) is 0 Å². The van der Waals surface area contributed by atoms with E-state index in [0.29, 0.717) is 11.3 Å². The number of nitrogens with one attached hydrogen (secondary N) is 3. The molecular formula is C14H18N4O2S2. The zero-order valence-corrected chi connectivity index (χ0v) is 14.0.